The molecule has 0 bridgehead atoms. The molecule has 1 fully saturated rings. The highest BCUT2D eigenvalue weighted by molar-refractivity contribution is 6.08. The highest BCUT2D eigenvalue weighted by Gasteiger charge is 2.14. The lowest BCUT2D eigenvalue weighted by molar-refractivity contribution is -0.123. The number of nitrogens with zero attached hydrogens (tertiary/aromatic N) is 2. The maximum absolute atomic E-state index is 12.0. The average molecular weight is 352 g/mol. The fourth-order valence-electron chi connectivity index (χ4n) is 2.90. The number of nitrogens with one attached hydrogen (secondary N) is 2. The first-order valence-corrected chi connectivity index (χ1v) is 8.78. The van der Waals surface area contributed by atoms with Crippen LogP contribution < -0.4 is 15.5 Å². The van der Waals surface area contributed by atoms with Gasteiger partial charge in [0, 0.05) is 43.2 Å². The lowest BCUT2D eigenvalue weighted by atomic mass is 10.2. The predicted octanol–water partition coefficient (Wildman–Crippen LogP) is 2.41. The fourth-order valence-corrected chi connectivity index (χ4v) is 2.90. The van der Waals surface area contributed by atoms with Crippen LogP contribution in [0.25, 0.3) is 0 Å². The second-order valence-corrected chi connectivity index (χ2v) is 6.48. The lowest BCUT2D eigenvalue weighted by Gasteiger charge is -2.34. The summed E-state index contributed by atoms with van der Waals surface area (Å²) in [5.41, 5.74) is 2.53. The van der Waals surface area contributed by atoms with E-state index in [1.165, 1.54) is 0 Å². The van der Waals surface area contributed by atoms with Gasteiger partial charge in [-0.25, -0.2) is 0 Å². The summed E-state index contributed by atoms with van der Waals surface area (Å²) >= 11 is 0. The number of likely N-dealkylation sites (N-methyl/N-ethyl adjacent to an activating group) is 1. The largest absolute Gasteiger partial charge is 0.369 e. The molecule has 0 unspecified atom stereocenters. The van der Waals surface area contributed by atoms with Crippen molar-refractivity contribution < 1.29 is 9.59 Å². The van der Waals surface area contributed by atoms with Crippen LogP contribution in [0.1, 0.15) is 6.42 Å². The summed E-state index contributed by atoms with van der Waals surface area (Å²) in [7, 11) is 2.13. The molecule has 0 atom stereocenters. The Labute approximate surface area is 153 Å². The first-order valence-electron chi connectivity index (χ1n) is 8.78. The minimum absolute atomic E-state index is 0.213. The van der Waals surface area contributed by atoms with Crippen LogP contribution in [0, 0.1) is 0 Å². The maximum atomic E-state index is 12.0. The van der Waals surface area contributed by atoms with Gasteiger partial charge >= 0.3 is 0 Å². The Morgan fingerprint density at radius 2 is 1.35 bits per heavy atom. The molecule has 6 heteroatoms. The number of piperazine rings is 1. The Morgan fingerprint density at radius 1 is 0.808 bits per heavy atom. The molecule has 26 heavy (non-hydrogen) atoms. The van der Waals surface area contributed by atoms with Crippen LogP contribution in [0.15, 0.2) is 54.6 Å². The molecule has 1 saturated heterocycles. The number of rotatable bonds is 5. The Hall–Kier alpha value is -2.86. The van der Waals surface area contributed by atoms with Gasteiger partial charge in [-0.2, -0.15) is 0 Å². The minimum atomic E-state index is -0.331. The van der Waals surface area contributed by atoms with E-state index in [-0.39, 0.29) is 18.2 Å². The summed E-state index contributed by atoms with van der Waals surface area (Å²) in [6.07, 6.45) is -0.213. The second kappa shape index (κ2) is 8.49. The van der Waals surface area contributed by atoms with Crippen LogP contribution in [0.5, 0.6) is 0 Å². The molecule has 2 aromatic carbocycles. The summed E-state index contributed by atoms with van der Waals surface area (Å²) in [6, 6.07) is 16.9. The molecule has 1 aliphatic heterocycles. The van der Waals surface area contributed by atoms with Crippen molar-refractivity contribution in [2.75, 3.05) is 48.8 Å². The third-order valence-electron chi connectivity index (χ3n) is 4.40. The molecule has 2 N–H and O–H groups in total. The van der Waals surface area contributed by atoms with Crippen molar-refractivity contribution in [3.8, 4) is 0 Å². The van der Waals surface area contributed by atoms with E-state index in [0.717, 1.165) is 31.9 Å². The van der Waals surface area contributed by atoms with Crippen LogP contribution in [-0.2, 0) is 9.59 Å². The molecule has 1 heterocycles. The van der Waals surface area contributed by atoms with Gasteiger partial charge in [0.05, 0.1) is 0 Å². The van der Waals surface area contributed by atoms with Gasteiger partial charge in [-0.05, 0) is 43.4 Å². The fraction of sp³-hybridized carbons (Fsp3) is 0.300. The number of carbonyl (C=O) groups excluding carboxylic acids is 2. The molecule has 136 valence electrons. The zero-order valence-electron chi connectivity index (χ0n) is 14.9. The average Bonchev–Trinajstić information content (AvgIpc) is 2.64. The summed E-state index contributed by atoms with van der Waals surface area (Å²) in [5.74, 6) is -0.659. The SMILES string of the molecule is CN1CCN(c2ccc(NC(=O)CC(=O)Nc3ccccc3)cc2)CC1. The van der Waals surface area contributed by atoms with Gasteiger partial charge in [0.1, 0.15) is 6.42 Å². The smallest absolute Gasteiger partial charge is 0.233 e. The van der Waals surface area contributed by atoms with Crippen molar-refractivity contribution >= 4 is 28.9 Å². The monoisotopic (exact) mass is 352 g/mol. The third-order valence-corrected chi connectivity index (χ3v) is 4.40. The van der Waals surface area contributed by atoms with Crippen LogP contribution >= 0.6 is 0 Å². The van der Waals surface area contributed by atoms with Gasteiger partial charge in [0.15, 0.2) is 0 Å². The third kappa shape index (κ3) is 5.07. The summed E-state index contributed by atoms with van der Waals surface area (Å²) < 4.78 is 0. The van der Waals surface area contributed by atoms with Crippen molar-refractivity contribution in [1.82, 2.24) is 4.90 Å². The number of benzene rings is 2. The summed E-state index contributed by atoms with van der Waals surface area (Å²) in [4.78, 5) is 28.6. The molecule has 0 spiro atoms. The molecule has 2 aromatic rings. The molecule has 0 radical (unpaired) electrons. The Kier molecular flexibility index (Phi) is 5.86. The van der Waals surface area contributed by atoms with E-state index in [4.69, 9.17) is 0 Å². The van der Waals surface area contributed by atoms with E-state index in [2.05, 4.69) is 27.5 Å². The number of para-hydroxylation sites is 1. The van der Waals surface area contributed by atoms with Gasteiger partial charge in [-0.3, -0.25) is 9.59 Å². The molecule has 0 saturated carbocycles. The molecule has 2 amide bonds. The topological polar surface area (TPSA) is 64.7 Å². The standard InChI is InChI=1S/C20H24N4O2/c1-23-11-13-24(14-12-23)18-9-7-17(8-10-18)22-20(26)15-19(25)21-16-5-3-2-4-6-16/h2-10H,11-15H2,1H3,(H,21,25)(H,22,26). The highest BCUT2D eigenvalue weighted by atomic mass is 16.2. The first-order chi connectivity index (χ1) is 12.6. The number of amides is 2. The van der Waals surface area contributed by atoms with E-state index in [1.807, 2.05) is 42.5 Å². The van der Waals surface area contributed by atoms with Crippen LogP contribution in [-0.4, -0.2) is 49.9 Å². The molecule has 6 nitrogen and oxygen atoms in total. The van der Waals surface area contributed by atoms with Gasteiger partial charge in [0.2, 0.25) is 11.8 Å². The zero-order valence-corrected chi connectivity index (χ0v) is 14.9. The van der Waals surface area contributed by atoms with Gasteiger partial charge in [-0.1, -0.05) is 18.2 Å². The number of hydrogen-bond acceptors (Lipinski definition) is 4. The number of anilines is 3. The molecule has 0 aliphatic carbocycles. The summed E-state index contributed by atoms with van der Waals surface area (Å²) in [5, 5.41) is 5.47. The highest BCUT2D eigenvalue weighted by Crippen LogP contribution is 2.19. The van der Waals surface area contributed by atoms with Crippen LogP contribution in [0.2, 0.25) is 0 Å². The van der Waals surface area contributed by atoms with E-state index >= 15 is 0 Å². The number of carbonyl (C=O) groups is 2. The first kappa shape index (κ1) is 17.9. The van der Waals surface area contributed by atoms with E-state index in [9.17, 15) is 9.59 Å². The molecule has 3 rings (SSSR count). The number of hydrogen-bond donors (Lipinski definition) is 2. The summed E-state index contributed by atoms with van der Waals surface area (Å²) in [6.45, 7) is 4.10. The normalized spacial score (nSPS) is 14.7. The molecule has 0 aromatic heterocycles. The Morgan fingerprint density at radius 3 is 1.92 bits per heavy atom. The van der Waals surface area contributed by atoms with Crippen LogP contribution in [0.4, 0.5) is 17.1 Å². The van der Waals surface area contributed by atoms with Crippen molar-refractivity contribution in [3.63, 3.8) is 0 Å². The zero-order chi connectivity index (χ0) is 18.4. The maximum Gasteiger partial charge on any atom is 0.233 e. The lowest BCUT2D eigenvalue weighted by Crippen LogP contribution is -2.44. The van der Waals surface area contributed by atoms with E-state index in [1.54, 1.807) is 12.1 Å². The van der Waals surface area contributed by atoms with E-state index < -0.39 is 0 Å². The Balaban J connectivity index is 1.49. The van der Waals surface area contributed by atoms with Crippen molar-refractivity contribution in [3.05, 3.63) is 54.6 Å². The minimum Gasteiger partial charge on any atom is -0.369 e. The quantitative estimate of drug-likeness (QED) is 0.811. The van der Waals surface area contributed by atoms with Gasteiger partial charge in [0.25, 0.3) is 0 Å². The van der Waals surface area contributed by atoms with Crippen molar-refractivity contribution in [1.29, 1.82) is 0 Å². The molecule has 1 aliphatic rings. The second-order valence-electron chi connectivity index (χ2n) is 6.48. The van der Waals surface area contributed by atoms with Crippen molar-refractivity contribution in [2.45, 2.75) is 6.42 Å². The molecular weight excluding hydrogens is 328 g/mol. The molecular formula is C20H24N4O2. The van der Waals surface area contributed by atoms with E-state index in [0.29, 0.717) is 11.4 Å². The predicted molar refractivity (Wildman–Crippen MR) is 104 cm³/mol. The van der Waals surface area contributed by atoms with Gasteiger partial charge < -0.3 is 20.4 Å². The van der Waals surface area contributed by atoms with Gasteiger partial charge in [-0.15, -0.1) is 0 Å². The Bertz CT molecular complexity index is 738. The van der Waals surface area contributed by atoms with Crippen molar-refractivity contribution in [2.24, 2.45) is 0 Å². The van der Waals surface area contributed by atoms with Crippen LogP contribution in [0.3, 0.4) is 0 Å².